The molecule has 2 aromatic carbocycles. The van der Waals surface area contributed by atoms with Crippen LogP contribution in [0.1, 0.15) is 11.1 Å². The van der Waals surface area contributed by atoms with E-state index < -0.39 is 0 Å². The molecule has 1 heterocycles. The molecule has 0 atom stereocenters. The lowest BCUT2D eigenvalue weighted by Crippen LogP contribution is -2.00. The summed E-state index contributed by atoms with van der Waals surface area (Å²) in [6.07, 6.45) is 1.88. The monoisotopic (exact) mass is 328 g/mol. The third-order valence-corrected chi connectivity index (χ3v) is 3.78. The van der Waals surface area contributed by atoms with E-state index in [4.69, 9.17) is 5.26 Å². The molecule has 1 aromatic heterocycles. The predicted octanol–water partition coefficient (Wildman–Crippen LogP) is 4.46. The standard InChI is InChI=1S/C16H10BrFN2/c17-13-4-5-15(18)12(8-13)10-20-7-6-14-11(9-19)2-1-3-16(14)20/h1-8H,10H2. The first-order valence-electron chi connectivity index (χ1n) is 6.11. The summed E-state index contributed by atoms with van der Waals surface area (Å²) in [5.74, 6) is -0.230. The van der Waals surface area contributed by atoms with E-state index in [1.165, 1.54) is 6.07 Å². The second kappa shape index (κ2) is 5.10. The zero-order valence-electron chi connectivity index (χ0n) is 10.5. The molecule has 0 aliphatic carbocycles. The first-order valence-corrected chi connectivity index (χ1v) is 6.90. The highest BCUT2D eigenvalue weighted by Crippen LogP contribution is 2.22. The van der Waals surface area contributed by atoms with Gasteiger partial charge in [0.15, 0.2) is 0 Å². The van der Waals surface area contributed by atoms with Crippen molar-refractivity contribution in [2.24, 2.45) is 0 Å². The van der Waals surface area contributed by atoms with E-state index in [1.807, 2.05) is 29.0 Å². The largest absolute Gasteiger partial charge is 0.343 e. The summed E-state index contributed by atoms with van der Waals surface area (Å²) in [6, 6.07) is 14.5. The van der Waals surface area contributed by atoms with Crippen LogP contribution in [0, 0.1) is 17.1 Å². The molecule has 0 bridgehead atoms. The van der Waals surface area contributed by atoms with Gasteiger partial charge in [0, 0.05) is 27.1 Å². The van der Waals surface area contributed by atoms with Crippen molar-refractivity contribution in [2.75, 3.05) is 0 Å². The topological polar surface area (TPSA) is 28.7 Å². The minimum Gasteiger partial charge on any atom is -0.343 e. The Kier molecular flexibility index (Phi) is 3.29. The van der Waals surface area contributed by atoms with Crippen molar-refractivity contribution < 1.29 is 4.39 Å². The van der Waals surface area contributed by atoms with Crippen LogP contribution in [0.15, 0.2) is 53.1 Å². The van der Waals surface area contributed by atoms with E-state index in [1.54, 1.807) is 18.2 Å². The second-order valence-electron chi connectivity index (χ2n) is 4.53. The average molecular weight is 329 g/mol. The van der Waals surface area contributed by atoms with Gasteiger partial charge < -0.3 is 4.57 Å². The molecule has 20 heavy (non-hydrogen) atoms. The number of rotatable bonds is 2. The van der Waals surface area contributed by atoms with E-state index in [0.29, 0.717) is 17.7 Å². The summed E-state index contributed by atoms with van der Waals surface area (Å²) < 4.78 is 16.6. The number of nitrogens with zero attached hydrogens (tertiary/aromatic N) is 2. The maximum absolute atomic E-state index is 13.8. The molecule has 4 heteroatoms. The maximum atomic E-state index is 13.8. The first-order chi connectivity index (χ1) is 9.69. The molecule has 3 rings (SSSR count). The molecule has 0 fully saturated rings. The number of halogens is 2. The molecule has 3 aromatic rings. The molecule has 0 saturated carbocycles. The summed E-state index contributed by atoms with van der Waals surface area (Å²) in [5, 5.41) is 9.98. The first kappa shape index (κ1) is 12.9. The van der Waals surface area contributed by atoms with Crippen LogP contribution in [0.4, 0.5) is 4.39 Å². The van der Waals surface area contributed by atoms with Gasteiger partial charge in [-0.2, -0.15) is 5.26 Å². The Balaban J connectivity index is 2.08. The molecule has 0 spiro atoms. The zero-order valence-corrected chi connectivity index (χ0v) is 12.1. The number of fused-ring (bicyclic) bond motifs is 1. The van der Waals surface area contributed by atoms with Crippen LogP contribution in [0.2, 0.25) is 0 Å². The fourth-order valence-corrected chi connectivity index (χ4v) is 2.72. The van der Waals surface area contributed by atoms with Crippen LogP contribution in [0.25, 0.3) is 10.9 Å². The van der Waals surface area contributed by atoms with Gasteiger partial charge in [-0.05, 0) is 36.4 Å². The fourth-order valence-electron chi connectivity index (χ4n) is 2.31. The maximum Gasteiger partial charge on any atom is 0.128 e. The number of nitriles is 1. The van der Waals surface area contributed by atoms with Crippen LogP contribution in [-0.4, -0.2) is 4.57 Å². The van der Waals surface area contributed by atoms with Crippen molar-refractivity contribution in [1.29, 1.82) is 5.26 Å². The summed E-state index contributed by atoms with van der Waals surface area (Å²) in [6.45, 7) is 0.434. The van der Waals surface area contributed by atoms with E-state index in [9.17, 15) is 4.39 Å². The van der Waals surface area contributed by atoms with Crippen LogP contribution < -0.4 is 0 Å². The minimum atomic E-state index is -0.230. The van der Waals surface area contributed by atoms with Gasteiger partial charge in [-0.1, -0.05) is 22.0 Å². The van der Waals surface area contributed by atoms with E-state index in [-0.39, 0.29) is 5.82 Å². The molecular weight excluding hydrogens is 319 g/mol. The van der Waals surface area contributed by atoms with E-state index in [2.05, 4.69) is 22.0 Å². The minimum absolute atomic E-state index is 0.230. The highest BCUT2D eigenvalue weighted by atomic mass is 79.9. The van der Waals surface area contributed by atoms with Gasteiger partial charge in [-0.3, -0.25) is 0 Å². The van der Waals surface area contributed by atoms with Crippen molar-refractivity contribution >= 4 is 26.8 Å². The highest BCUT2D eigenvalue weighted by Gasteiger charge is 2.08. The number of aromatic nitrogens is 1. The van der Waals surface area contributed by atoms with Crippen LogP contribution in [-0.2, 0) is 6.54 Å². The number of hydrogen-bond acceptors (Lipinski definition) is 1. The van der Waals surface area contributed by atoms with Crippen molar-refractivity contribution in [2.45, 2.75) is 6.54 Å². The Morgan fingerprint density at radius 2 is 2.05 bits per heavy atom. The molecule has 0 amide bonds. The Morgan fingerprint density at radius 3 is 2.85 bits per heavy atom. The smallest absolute Gasteiger partial charge is 0.128 e. The molecule has 0 aliphatic rings. The van der Waals surface area contributed by atoms with Crippen molar-refractivity contribution in [3.05, 3.63) is 70.1 Å². The van der Waals surface area contributed by atoms with Gasteiger partial charge in [0.1, 0.15) is 5.82 Å². The third-order valence-electron chi connectivity index (χ3n) is 3.28. The van der Waals surface area contributed by atoms with Gasteiger partial charge in [-0.25, -0.2) is 4.39 Å². The van der Waals surface area contributed by atoms with Crippen LogP contribution in [0.5, 0.6) is 0 Å². The normalized spacial score (nSPS) is 10.7. The Hall–Kier alpha value is -2.12. The third kappa shape index (κ3) is 2.21. The highest BCUT2D eigenvalue weighted by molar-refractivity contribution is 9.10. The summed E-state index contributed by atoms with van der Waals surface area (Å²) in [4.78, 5) is 0. The Labute approximate surface area is 124 Å². The van der Waals surface area contributed by atoms with Gasteiger partial charge in [0.05, 0.1) is 18.2 Å². The van der Waals surface area contributed by atoms with Crippen molar-refractivity contribution in [3.8, 4) is 6.07 Å². The molecule has 0 unspecified atom stereocenters. The SMILES string of the molecule is N#Cc1cccc2c1ccn2Cc1cc(Br)ccc1F. The van der Waals surface area contributed by atoms with Gasteiger partial charge in [0.2, 0.25) is 0 Å². The lowest BCUT2D eigenvalue weighted by molar-refractivity contribution is 0.601. The molecule has 0 saturated heterocycles. The molecule has 0 radical (unpaired) electrons. The molecule has 2 nitrogen and oxygen atoms in total. The average Bonchev–Trinajstić information content (AvgIpc) is 2.86. The summed E-state index contributed by atoms with van der Waals surface area (Å²) >= 11 is 3.35. The summed E-state index contributed by atoms with van der Waals surface area (Å²) in [5.41, 5.74) is 2.18. The zero-order chi connectivity index (χ0) is 14.1. The van der Waals surface area contributed by atoms with Crippen LogP contribution >= 0.6 is 15.9 Å². The Morgan fingerprint density at radius 1 is 1.20 bits per heavy atom. The quantitative estimate of drug-likeness (QED) is 0.682. The lowest BCUT2D eigenvalue weighted by Gasteiger charge is -2.07. The molecule has 0 N–H and O–H groups in total. The van der Waals surface area contributed by atoms with E-state index >= 15 is 0 Å². The van der Waals surface area contributed by atoms with Crippen molar-refractivity contribution in [3.63, 3.8) is 0 Å². The van der Waals surface area contributed by atoms with E-state index in [0.717, 1.165) is 15.4 Å². The van der Waals surface area contributed by atoms with Gasteiger partial charge in [-0.15, -0.1) is 0 Å². The molecule has 0 aliphatic heterocycles. The Bertz CT molecular complexity index is 830. The summed E-state index contributed by atoms with van der Waals surface area (Å²) in [7, 11) is 0. The predicted molar refractivity (Wildman–Crippen MR) is 79.9 cm³/mol. The number of benzene rings is 2. The van der Waals surface area contributed by atoms with Crippen LogP contribution in [0.3, 0.4) is 0 Å². The van der Waals surface area contributed by atoms with Crippen molar-refractivity contribution in [1.82, 2.24) is 4.57 Å². The van der Waals surface area contributed by atoms with Gasteiger partial charge >= 0.3 is 0 Å². The van der Waals surface area contributed by atoms with Gasteiger partial charge in [0.25, 0.3) is 0 Å². The second-order valence-corrected chi connectivity index (χ2v) is 5.45. The number of hydrogen-bond donors (Lipinski definition) is 0. The fraction of sp³-hybridized carbons (Fsp3) is 0.0625. The molecular formula is C16H10BrFN2. The lowest BCUT2D eigenvalue weighted by atomic mass is 10.1. The molecule has 98 valence electrons.